The maximum Gasteiger partial charge on any atom is 0.342 e. The van der Waals surface area contributed by atoms with Crippen LogP contribution >= 0.6 is 0 Å². The fourth-order valence-electron chi connectivity index (χ4n) is 8.06. The maximum atomic E-state index is 13.3. The van der Waals surface area contributed by atoms with Gasteiger partial charge in [-0.15, -0.1) is 0 Å². The van der Waals surface area contributed by atoms with Gasteiger partial charge in [0.1, 0.15) is 12.2 Å². The van der Waals surface area contributed by atoms with Gasteiger partial charge in [0.15, 0.2) is 11.7 Å². The van der Waals surface area contributed by atoms with Crippen LogP contribution in [0.2, 0.25) is 0 Å². The van der Waals surface area contributed by atoms with Crippen LogP contribution in [0.25, 0.3) is 0 Å². The molecule has 0 radical (unpaired) electrons. The van der Waals surface area contributed by atoms with Gasteiger partial charge in [0.25, 0.3) is 0 Å². The van der Waals surface area contributed by atoms with Crippen molar-refractivity contribution in [3.05, 3.63) is 0 Å². The van der Waals surface area contributed by atoms with Gasteiger partial charge >= 0.3 is 17.9 Å². The summed E-state index contributed by atoms with van der Waals surface area (Å²) in [5.41, 5.74) is -6.81. The predicted octanol–water partition coefficient (Wildman–Crippen LogP) is -0.340. The number of hydrogen-bond acceptors (Lipinski definition) is 9. The minimum atomic E-state index is -1.97. The fourth-order valence-corrected chi connectivity index (χ4v) is 8.06. The molecule has 9 nitrogen and oxygen atoms in total. The van der Waals surface area contributed by atoms with E-state index in [4.69, 9.17) is 18.9 Å². The molecule has 2 saturated carbocycles. The number of carbonyl (C=O) groups excluding carboxylic acids is 3. The molecule has 0 amide bonds. The number of ether oxygens (including phenoxy) is 4. The van der Waals surface area contributed by atoms with Crippen LogP contribution < -0.4 is 0 Å². The van der Waals surface area contributed by atoms with Gasteiger partial charge in [0.05, 0.1) is 16.7 Å². The molecule has 0 bridgehead atoms. The quantitative estimate of drug-likeness (QED) is 0.408. The van der Waals surface area contributed by atoms with Gasteiger partial charge in [-0.2, -0.15) is 0 Å². The first-order chi connectivity index (χ1) is 13.4. The number of fused-ring (bicyclic) bond motifs is 1. The van der Waals surface area contributed by atoms with E-state index < -0.39 is 70.5 Å². The highest BCUT2D eigenvalue weighted by molar-refractivity contribution is 5.93. The van der Waals surface area contributed by atoms with Gasteiger partial charge in [-0.1, -0.05) is 20.8 Å². The first-order valence-corrected chi connectivity index (χ1v) is 10.1. The second kappa shape index (κ2) is 4.48. The van der Waals surface area contributed by atoms with Crippen LogP contribution in [0.5, 0.6) is 0 Å². The Morgan fingerprint density at radius 3 is 2.38 bits per heavy atom. The van der Waals surface area contributed by atoms with E-state index in [0.717, 1.165) is 0 Å². The molecule has 6 rings (SSSR count). The van der Waals surface area contributed by atoms with Crippen molar-refractivity contribution in [2.75, 3.05) is 0 Å². The monoisotopic (exact) mass is 408 g/mol. The topological polar surface area (TPSA) is 129 Å². The third-order valence-electron chi connectivity index (χ3n) is 8.97. The molecule has 4 aliphatic heterocycles. The summed E-state index contributed by atoms with van der Waals surface area (Å²) in [4.78, 5) is 38.1. The predicted molar refractivity (Wildman–Crippen MR) is 90.6 cm³/mol. The molecule has 6 fully saturated rings. The average molecular weight is 408 g/mol. The van der Waals surface area contributed by atoms with Crippen LogP contribution in [0, 0.1) is 28.1 Å². The number of rotatable bonds is 0. The van der Waals surface area contributed by atoms with Crippen LogP contribution in [0.4, 0.5) is 0 Å². The number of esters is 3. The Hall–Kier alpha value is -1.71. The van der Waals surface area contributed by atoms with Crippen molar-refractivity contribution < 1.29 is 43.5 Å². The Morgan fingerprint density at radius 2 is 1.72 bits per heavy atom. The molecule has 9 heteroatoms. The van der Waals surface area contributed by atoms with Crippen LogP contribution in [0.3, 0.4) is 0 Å². The SMILES string of the molecule is C[C@@H]1C(=O)O[C@H]2CC34[C@H]5C[C@@H](C(C)(C)C)C36C(OC(=O)[C@H]6O)O[C@@]4(C(=O)O5)[C@]21O. The fraction of sp³-hybridized carbons (Fsp3) is 0.850. The summed E-state index contributed by atoms with van der Waals surface area (Å²) in [6, 6.07) is 0. The van der Waals surface area contributed by atoms with Gasteiger partial charge in [0, 0.05) is 6.42 Å². The molecular weight excluding hydrogens is 384 g/mol. The second-order valence-electron chi connectivity index (χ2n) is 10.6. The Bertz CT molecular complexity index is 893. The van der Waals surface area contributed by atoms with E-state index in [9.17, 15) is 24.6 Å². The van der Waals surface area contributed by atoms with Crippen molar-refractivity contribution in [2.45, 2.75) is 76.3 Å². The third kappa shape index (κ3) is 1.35. The average Bonchev–Trinajstić information content (AvgIpc) is 3.31. The summed E-state index contributed by atoms with van der Waals surface area (Å²) in [6.07, 6.45) is -3.96. The lowest BCUT2D eigenvalue weighted by molar-refractivity contribution is -0.238. The summed E-state index contributed by atoms with van der Waals surface area (Å²) in [5.74, 6) is -3.52. The molecule has 4 heterocycles. The highest BCUT2D eigenvalue weighted by Gasteiger charge is 3.01. The summed E-state index contributed by atoms with van der Waals surface area (Å²) in [5, 5.41) is 23.0. The Morgan fingerprint density at radius 1 is 1.03 bits per heavy atom. The van der Waals surface area contributed by atoms with Crippen LogP contribution in [0.1, 0.15) is 40.5 Å². The second-order valence-corrected chi connectivity index (χ2v) is 10.6. The number of carbonyl (C=O) groups is 3. The van der Waals surface area contributed by atoms with Crippen molar-refractivity contribution in [3.8, 4) is 0 Å². The lowest BCUT2D eigenvalue weighted by Gasteiger charge is -2.46. The first-order valence-electron chi connectivity index (χ1n) is 10.1. The van der Waals surface area contributed by atoms with Crippen molar-refractivity contribution in [1.82, 2.24) is 0 Å². The summed E-state index contributed by atoms with van der Waals surface area (Å²) in [6.45, 7) is 7.47. The van der Waals surface area contributed by atoms with Gasteiger partial charge in [0.2, 0.25) is 11.9 Å². The Balaban J connectivity index is 1.68. The van der Waals surface area contributed by atoms with E-state index in [1.807, 2.05) is 20.8 Å². The molecule has 158 valence electrons. The van der Waals surface area contributed by atoms with Crippen molar-refractivity contribution in [1.29, 1.82) is 0 Å². The normalized spacial score (nSPS) is 59.2. The molecule has 10 atom stereocenters. The number of hydrogen-bond donors (Lipinski definition) is 2. The number of aliphatic hydroxyl groups is 2. The molecule has 3 unspecified atom stereocenters. The molecule has 2 aliphatic carbocycles. The van der Waals surface area contributed by atoms with Gasteiger partial charge in [-0.3, -0.25) is 4.79 Å². The molecule has 6 aliphatic rings. The molecule has 29 heavy (non-hydrogen) atoms. The molecule has 0 aromatic heterocycles. The van der Waals surface area contributed by atoms with E-state index in [-0.39, 0.29) is 17.8 Å². The third-order valence-corrected chi connectivity index (χ3v) is 8.97. The van der Waals surface area contributed by atoms with Gasteiger partial charge in [-0.05, 0) is 24.7 Å². The highest BCUT2D eigenvalue weighted by Crippen LogP contribution is 2.84. The Labute approximate surface area is 166 Å². The standard InChI is InChI=1S/C20H24O9/c1-7-12(22)26-10-6-17-9-5-8(16(2,3)4)18(17)11(21)13(23)28-15(18)29-20(17,14(24)27-9)19(7,10)25/h7-11,15,21,25H,5-6H2,1-4H3/t7-,8+,9-,10+,11-,15?,17?,18?,19-,20-/m1/s1. The molecular formula is C20H24O9. The van der Waals surface area contributed by atoms with E-state index in [0.29, 0.717) is 6.42 Å². The molecule has 0 aromatic carbocycles. The molecule has 2 N–H and O–H groups in total. The van der Waals surface area contributed by atoms with Crippen molar-refractivity contribution in [2.24, 2.45) is 28.1 Å². The van der Waals surface area contributed by atoms with E-state index >= 15 is 0 Å². The number of aliphatic hydroxyl groups excluding tert-OH is 1. The van der Waals surface area contributed by atoms with Gasteiger partial charge < -0.3 is 29.2 Å². The van der Waals surface area contributed by atoms with Crippen LogP contribution in [-0.2, 0) is 33.3 Å². The van der Waals surface area contributed by atoms with E-state index in [1.165, 1.54) is 6.92 Å². The Kier molecular flexibility index (Phi) is 2.79. The zero-order valence-corrected chi connectivity index (χ0v) is 16.6. The maximum absolute atomic E-state index is 13.3. The summed E-state index contributed by atoms with van der Waals surface area (Å²) < 4.78 is 22.9. The van der Waals surface area contributed by atoms with Crippen LogP contribution in [0.15, 0.2) is 0 Å². The zero-order valence-electron chi connectivity index (χ0n) is 16.6. The van der Waals surface area contributed by atoms with E-state index in [1.54, 1.807) is 0 Å². The lowest BCUT2D eigenvalue weighted by Crippen LogP contribution is -2.66. The molecule has 2 spiro atoms. The zero-order chi connectivity index (χ0) is 20.9. The van der Waals surface area contributed by atoms with Crippen molar-refractivity contribution in [3.63, 3.8) is 0 Å². The van der Waals surface area contributed by atoms with Crippen molar-refractivity contribution >= 4 is 17.9 Å². The smallest absolute Gasteiger partial charge is 0.342 e. The molecule has 4 saturated heterocycles. The van der Waals surface area contributed by atoms with Gasteiger partial charge in [-0.25, -0.2) is 9.59 Å². The minimum Gasteiger partial charge on any atom is -0.459 e. The summed E-state index contributed by atoms with van der Waals surface area (Å²) in [7, 11) is 0. The molecule has 0 aromatic rings. The largest absolute Gasteiger partial charge is 0.459 e. The minimum absolute atomic E-state index is 0.0623. The highest BCUT2D eigenvalue weighted by atomic mass is 16.8. The van der Waals surface area contributed by atoms with Crippen LogP contribution in [-0.4, -0.2) is 63.9 Å². The van der Waals surface area contributed by atoms with E-state index in [2.05, 4.69) is 0 Å². The summed E-state index contributed by atoms with van der Waals surface area (Å²) >= 11 is 0. The first kappa shape index (κ1) is 18.1. The lowest BCUT2D eigenvalue weighted by atomic mass is 9.51.